The molecular weight excluding hydrogens is 202 g/mol. The lowest BCUT2D eigenvalue weighted by Crippen LogP contribution is -2.35. The molecule has 0 aliphatic carbocycles. The van der Waals surface area contributed by atoms with Gasteiger partial charge < -0.3 is 10.1 Å². The summed E-state index contributed by atoms with van der Waals surface area (Å²) in [5, 5.41) is 2.85. The fourth-order valence-corrected chi connectivity index (χ4v) is 1.27. The quantitative estimate of drug-likeness (QED) is 0.828. The maximum atomic E-state index is 11.4. The second-order valence-electron chi connectivity index (χ2n) is 3.98. The zero-order valence-corrected chi connectivity index (χ0v) is 10.1. The molecule has 0 aliphatic heterocycles. The number of ether oxygens (including phenoxy) is 1. The summed E-state index contributed by atoms with van der Waals surface area (Å²) in [4.78, 5) is 11.4. The number of carbonyl (C=O) groups is 1. The van der Waals surface area contributed by atoms with E-state index in [1.807, 2.05) is 45.0 Å². The highest BCUT2D eigenvalue weighted by Crippen LogP contribution is 2.11. The zero-order chi connectivity index (χ0) is 12.0. The van der Waals surface area contributed by atoms with Gasteiger partial charge in [-0.05, 0) is 38.0 Å². The normalized spacial score (nSPS) is 11.9. The standard InChI is InChI=1S/C13H19NO2/c1-4-11(3)14-13(15)9-16-12-7-5-6-10(2)8-12/h5-8,11H,4,9H2,1-3H3,(H,14,15). The summed E-state index contributed by atoms with van der Waals surface area (Å²) in [6, 6.07) is 7.87. The van der Waals surface area contributed by atoms with Crippen molar-refractivity contribution in [3.05, 3.63) is 29.8 Å². The Hall–Kier alpha value is -1.51. The van der Waals surface area contributed by atoms with Crippen LogP contribution >= 0.6 is 0 Å². The largest absolute Gasteiger partial charge is 0.484 e. The first-order valence-corrected chi connectivity index (χ1v) is 5.60. The highest BCUT2D eigenvalue weighted by Gasteiger charge is 2.05. The summed E-state index contributed by atoms with van der Waals surface area (Å²) < 4.78 is 5.38. The molecule has 0 fully saturated rings. The van der Waals surface area contributed by atoms with Crippen molar-refractivity contribution in [3.63, 3.8) is 0 Å². The summed E-state index contributed by atoms with van der Waals surface area (Å²) in [7, 11) is 0. The number of nitrogens with one attached hydrogen (secondary N) is 1. The van der Waals surface area contributed by atoms with Crippen LogP contribution in [0.25, 0.3) is 0 Å². The van der Waals surface area contributed by atoms with Crippen LogP contribution in [-0.2, 0) is 4.79 Å². The van der Waals surface area contributed by atoms with E-state index in [0.717, 1.165) is 17.7 Å². The van der Waals surface area contributed by atoms with Crippen LogP contribution in [0.2, 0.25) is 0 Å². The molecule has 3 nitrogen and oxygen atoms in total. The number of hydrogen-bond donors (Lipinski definition) is 1. The smallest absolute Gasteiger partial charge is 0.258 e. The second-order valence-corrected chi connectivity index (χ2v) is 3.98. The second kappa shape index (κ2) is 6.16. The van der Waals surface area contributed by atoms with Gasteiger partial charge in [-0.3, -0.25) is 4.79 Å². The molecule has 16 heavy (non-hydrogen) atoms. The number of amides is 1. The molecule has 0 radical (unpaired) electrons. The Labute approximate surface area is 96.8 Å². The van der Waals surface area contributed by atoms with Gasteiger partial charge in [-0.1, -0.05) is 19.1 Å². The van der Waals surface area contributed by atoms with Crippen LogP contribution in [0.1, 0.15) is 25.8 Å². The Balaban J connectivity index is 2.37. The van der Waals surface area contributed by atoms with E-state index in [4.69, 9.17) is 4.74 Å². The summed E-state index contributed by atoms with van der Waals surface area (Å²) >= 11 is 0. The van der Waals surface area contributed by atoms with Crippen LogP contribution < -0.4 is 10.1 Å². The van der Waals surface area contributed by atoms with Gasteiger partial charge in [0.2, 0.25) is 0 Å². The molecule has 88 valence electrons. The lowest BCUT2D eigenvalue weighted by atomic mass is 10.2. The van der Waals surface area contributed by atoms with Gasteiger partial charge in [0.15, 0.2) is 6.61 Å². The average molecular weight is 221 g/mol. The minimum Gasteiger partial charge on any atom is -0.484 e. The van der Waals surface area contributed by atoms with Crippen molar-refractivity contribution < 1.29 is 9.53 Å². The lowest BCUT2D eigenvalue weighted by molar-refractivity contribution is -0.123. The molecule has 0 saturated heterocycles. The van der Waals surface area contributed by atoms with Crippen molar-refractivity contribution in [1.82, 2.24) is 5.32 Å². The molecule has 1 rings (SSSR count). The Bertz CT molecular complexity index is 350. The first kappa shape index (κ1) is 12.6. The Morgan fingerprint density at radius 1 is 1.50 bits per heavy atom. The van der Waals surface area contributed by atoms with Crippen molar-refractivity contribution in [1.29, 1.82) is 0 Å². The zero-order valence-electron chi connectivity index (χ0n) is 10.1. The molecule has 1 unspecified atom stereocenters. The van der Waals surface area contributed by atoms with E-state index in [-0.39, 0.29) is 18.6 Å². The summed E-state index contributed by atoms with van der Waals surface area (Å²) in [6.45, 7) is 6.08. The number of carbonyl (C=O) groups excluding carboxylic acids is 1. The van der Waals surface area contributed by atoms with Crippen molar-refractivity contribution >= 4 is 5.91 Å². The summed E-state index contributed by atoms with van der Waals surface area (Å²) in [5.41, 5.74) is 1.12. The van der Waals surface area contributed by atoms with Crippen molar-refractivity contribution in [3.8, 4) is 5.75 Å². The summed E-state index contributed by atoms with van der Waals surface area (Å²) in [5.74, 6) is 0.662. The van der Waals surface area contributed by atoms with E-state index in [2.05, 4.69) is 5.32 Å². The van der Waals surface area contributed by atoms with Crippen LogP contribution in [0.15, 0.2) is 24.3 Å². The number of benzene rings is 1. The van der Waals surface area contributed by atoms with Gasteiger partial charge in [0.1, 0.15) is 5.75 Å². The van der Waals surface area contributed by atoms with Gasteiger partial charge in [-0.25, -0.2) is 0 Å². The number of rotatable bonds is 5. The molecular formula is C13H19NO2. The predicted octanol–water partition coefficient (Wildman–Crippen LogP) is 2.29. The van der Waals surface area contributed by atoms with Crippen LogP contribution in [0.3, 0.4) is 0 Å². The third-order valence-corrected chi connectivity index (χ3v) is 2.38. The minimum absolute atomic E-state index is 0.0733. The Morgan fingerprint density at radius 2 is 2.25 bits per heavy atom. The van der Waals surface area contributed by atoms with Gasteiger partial charge in [0.05, 0.1) is 0 Å². The van der Waals surface area contributed by atoms with Crippen LogP contribution in [-0.4, -0.2) is 18.6 Å². The predicted molar refractivity (Wildman–Crippen MR) is 64.6 cm³/mol. The molecule has 1 aromatic carbocycles. The molecule has 0 aliphatic rings. The first-order valence-electron chi connectivity index (χ1n) is 5.60. The van der Waals surface area contributed by atoms with E-state index in [1.165, 1.54) is 0 Å². The van der Waals surface area contributed by atoms with Crippen LogP contribution in [0.4, 0.5) is 0 Å². The highest BCUT2D eigenvalue weighted by atomic mass is 16.5. The number of hydrogen-bond acceptors (Lipinski definition) is 2. The SMILES string of the molecule is CCC(C)NC(=O)COc1cccc(C)c1. The molecule has 1 atom stereocenters. The van der Waals surface area contributed by atoms with Gasteiger partial charge in [0, 0.05) is 6.04 Å². The van der Waals surface area contributed by atoms with E-state index in [0.29, 0.717) is 0 Å². The fraction of sp³-hybridized carbons (Fsp3) is 0.462. The van der Waals surface area contributed by atoms with Gasteiger partial charge >= 0.3 is 0 Å². The molecule has 0 saturated carbocycles. The average Bonchev–Trinajstić information content (AvgIpc) is 2.26. The maximum absolute atomic E-state index is 11.4. The first-order chi connectivity index (χ1) is 7.61. The molecule has 1 N–H and O–H groups in total. The van der Waals surface area contributed by atoms with Crippen molar-refractivity contribution in [2.75, 3.05) is 6.61 Å². The number of aryl methyl sites for hydroxylation is 1. The third-order valence-electron chi connectivity index (χ3n) is 2.38. The fourth-order valence-electron chi connectivity index (χ4n) is 1.27. The van der Waals surface area contributed by atoms with Gasteiger partial charge in [0.25, 0.3) is 5.91 Å². The maximum Gasteiger partial charge on any atom is 0.258 e. The lowest BCUT2D eigenvalue weighted by Gasteiger charge is -2.12. The third kappa shape index (κ3) is 4.34. The Morgan fingerprint density at radius 3 is 2.88 bits per heavy atom. The van der Waals surface area contributed by atoms with Crippen LogP contribution in [0.5, 0.6) is 5.75 Å². The molecule has 1 aromatic rings. The van der Waals surface area contributed by atoms with Gasteiger partial charge in [-0.15, -0.1) is 0 Å². The van der Waals surface area contributed by atoms with Gasteiger partial charge in [-0.2, -0.15) is 0 Å². The van der Waals surface area contributed by atoms with Crippen LogP contribution in [0, 0.1) is 6.92 Å². The monoisotopic (exact) mass is 221 g/mol. The van der Waals surface area contributed by atoms with Crippen molar-refractivity contribution in [2.45, 2.75) is 33.2 Å². The molecule has 0 aromatic heterocycles. The van der Waals surface area contributed by atoms with E-state index < -0.39 is 0 Å². The summed E-state index contributed by atoms with van der Waals surface area (Å²) in [6.07, 6.45) is 0.927. The highest BCUT2D eigenvalue weighted by molar-refractivity contribution is 5.77. The molecule has 0 heterocycles. The minimum atomic E-state index is -0.0733. The van der Waals surface area contributed by atoms with E-state index in [1.54, 1.807) is 0 Å². The van der Waals surface area contributed by atoms with E-state index >= 15 is 0 Å². The topological polar surface area (TPSA) is 38.3 Å². The Kier molecular flexibility index (Phi) is 4.83. The van der Waals surface area contributed by atoms with E-state index in [9.17, 15) is 4.79 Å². The molecule has 3 heteroatoms. The molecule has 0 spiro atoms. The molecule has 0 bridgehead atoms. The van der Waals surface area contributed by atoms with Crippen molar-refractivity contribution in [2.24, 2.45) is 0 Å². The molecule has 1 amide bonds.